The zero-order chi connectivity index (χ0) is 15.9. The van der Waals surface area contributed by atoms with Crippen molar-refractivity contribution in [2.45, 2.75) is 10.1 Å². The normalized spacial score (nSPS) is 17.0. The van der Waals surface area contributed by atoms with Crippen LogP contribution in [0.4, 0.5) is 0 Å². The van der Waals surface area contributed by atoms with Gasteiger partial charge in [0.1, 0.15) is 0 Å². The minimum absolute atomic E-state index is 0. The van der Waals surface area contributed by atoms with Crippen LogP contribution in [0.25, 0.3) is 22.8 Å². The molecule has 0 spiro atoms. The fourth-order valence-corrected chi connectivity index (χ4v) is 9.09. The fourth-order valence-electron chi connectivity index (χ4n) is 3.44. The molecule has 1 unspecified atom stereocenters. The number of aromatic nitrogens is 3. The maximum absolute atomic E-state index is 4.48. The van der Waals surface area contributed by atoms with Gasteiger partial charge in [-0.2, -0.15) is 0 Å². The molecule has 2 aliphatic rings. The monoisotopic (exact) mass is 547 g/mol. The van der Waals surface area contributed by atoms with Gasteiger partial charge in [-0.3, -0.25) is 0 Å². The van der Waals surface area contributed by atoms with Gasteiger partial charge in [-0.05, 0) is 0 Å². The van der Waals surface area contributed by atoms with Gasteiger partial charge in [-0.1, -0.05) is 0 Å². The largest absolute Gasteiger partial charge is 1.00 e. The Hall–Kier alpha value is -1.49. The third-order valence-corrected chi connectivity index (χ3v) is 10.5. The van der Waals surface area contributed by atoms with Crippen molar-refractivity contribution < 1.29 is 47.7 Å². The zero-order valence-electron chi connectivity index (χ0n) is 13.8. The first-order valence-electron chi connectivity index (χ1n) is 8.14. The minimum Gasteiger partial charge on any atom is -1.00 e. The van der Waals surface area contributed by atoms with Gasteiger partial charge in [-0.15, -0.1) is 0 Å². The maximum atomic E-state index is 4.48. The van der Waals surface area contributed by atoms with Crippen LogP contribution in [0.15, 0.2) is 70.1 Å². The molecule has 2 aliphatic carbocycles. The second-order valence-corrected chi connectivity index (χ2v) is 11.5. The van der Waals surface area contributed by atoms with E-state index in [4.69, 9.17) is 0 Å². The van der Waals surface area contributed by atoms with Crippen molar-refractivity contribution in [2.24, 2.45) is 0 Å². The summed E-state index contributed by atoms with van der Waals surface area (Å²) < 4.78 is 4.26. The molecule has 26 heavy (non-hydrogen) atoms. The molecule has 1 aromatic heterocycles. The number of hydrogen-bond donors (Lipinski definition) is 0. The number of fused-ring (bicyclic) bond motifs is 2. The summed E-state index contributed by atoms with van der Waals surface area (Å²) in [7, 11) is 0. The van der Waals surface area contributed by atoms with Crippen LogP contribution in [-0.4, -0.2) is 15.0 Å². The second-order valence-electron chi connectivity index (χ2n) is 6.09. The second kappa shape index (κ2) is 8.03. The summed E-state index contributed by atoms with van der Waals surface area (Å²) in [5, 5.41) is 8.84. The van der Waals surface area contributed by atoms with E-state index in [0.29, 0.717) is 3.67 Å². The van der Waals surface area contributed by atoms with Crippen LogP contribution < -0.4 is 24.8 Å². The Morgan fingerprint density at radius 1 is 1.00 bits per heavy atom. The fraction of sp³-hybridized carbons (Fsp3) is 0.100. The Morgan fingerprint density at radius 2 is 1.81 bits per heavy atom. The molecule has 0 N–H and O–H groups in total. The van der Waals surface area contributed by atoms with E-state index in [-0.39, 0.29) is 24.8 Å². The summed E-state index contributed by atoms with van der Waals surface area (Å²) in [6.07, 6.45) is 10.3. The molecule has 0 aliphatic heterocycles. The van der Waals surface area contributed by atoms with E-state index in [0.717, 1.165) is 17.5 Å². The van der Waals surface area contributed by atoms with Gasteiger partial charge in [-0.25, -0.2) is 0 Å². The average Bonchev–Trinajstić information content (AvgIpc) is 3.34. The van der Waals surface area contributed by atoms with Crippen LogP contribution in [0, 0.1) is 0 Å². The molecule has 2 aromatic carbocycles. The third kappa shape index (κ3) is 3.26. The summed E-state index contributed by atoms with van der Waals surface area (Å²) in [6, 6.07) is 17.0. The predicted molar refractivity (Wildman–Crippen MR) is 92.7 cm³/mol. The molecule has 0 saturated carbocycles. The number of hydrogen-bond acceptors (Lipinski definition) is 2. The first kappa shape index (κ1) is 19.3. The molecule has 5 rings (SSSR count). The van der Waals surface area contributed by atoms with E-state index < -0.39 is 22.9 Å². The summed E-state index contributed by atoms with van der Waals surface area (Å²) in [6.45, 7) is 0. The number of nitrogens with zero attached hydrogens (tertiary/aromatic N) is 3. The predicted octanol–water partition coefficient (Wildman–Crippen LogP) is -1.58. The molecular formula is C20H15Cl2HfN3. The van der Waals surface area contributed by atoms with Crippen molar-refractivity contribution in [1.82, 2.24) is 15.0 Å². The Morgan fingerprint density at radius 3 is 2.65 bits per heavy atom. The number of benzene rings is 2. The van der Waals surface area contributed by atoms with Gasteiger partial charge in [0.05, 0.1) is 0 Å². The zero-order valence-corrected chi connectivity index (χ0v) is 18.9. The molecule has 0 saturated heterocycles. The van der Waals surface area contributed by atoms with Crippen LogP contribution in [-0.2, 0) is 22.9 Å². The number of para-hydroxylation sites is 1. The van der Waals surface area contributed by atoms with E-state index >= 15 is 0 Å². The SMILES string of the molecule is C1=CC[C]([Hf+2][CH]2C(n3nnc4ccccc43)=Cc3ccccc32)=C1.[Cl-].[Cl-]. The van der Waals surface area contributed by atoms with Crippen LogP contribution in [0.2, 0.25) is 0 Å². The topological polar surface area (TPSA) is 30.7 Å². The summed E-state index contributed by atoms with van der Waals surface area (Å²) in [4.78, 5) is 0. The Balaban J connectivity index is 0.000000980. The Labute approximate surface area is 176 Å². The van der Waals surface area contributed by atoms with Crippen molar-refractivity contribution in [3.63, 3.8) is 0 Å². The van der Waals surface area contributed by atoms with Crippen molar-refractivity contribution in [3.05, 3.63) is 81.2 Å². The molecular weight excluding hydrogens is 532 g/mol. The molecule has 0 radical (unpaired) electrons. The molecule has 3 aromatic rings. The maximum Gasteiger partial charge on any atom is -1.00 e. The van der Waals surface area contributed by atoms with Crippen LogP contribution in [0.1, 0.15) is 21.2 Å². The van der Waals surface area contributed by atoms with Gasteiger partial charge in [0.15, 0.2) is 0 Å². The van der Waals surface area contributed by atoms with E-state index in [9.17, 15) is 0 Å². The molecule has 6 heteroatoms. The summed E-state index contributed by atoms with van der Waals surface area (Å²) in [5.74, 6) is 0. The molecule has 128 valence electrons. The van der Waals surface area contributed by atoms with Gasteiger partial charge >= 0.3 is 152 Å². The molecule has 1 atom stereocenters. The molecule has 1 heterocycles. The minimum atomic E-state index is -1.03. The van der Waals surface area contributed by atoms with Crippen LogP contribution >= 0.6 is 0 Å². The quantitative estimate of drug-likeness (QED) is 0.372. The number of allylic oxidation sites excluding steroid dienone is 5. The van der Waals surface area contributed by atoms with Gasteiger partial charge < -0.3 is 24.8 Å². The first-order chi connectivity index (χ1) is 11.9. The van der Waals surface area contributed by atoms with Crippen molar-refractivity contribution in [3.8, 4) is 0 Å². The standard InChI is InChI=1S/C15H10N3.C5H5.2ClH.Hf/c1-2-6-12-10-13(9-11(12)5-1)18-15-8-4-3-7-14(15)16-17-18;1-2-4-5-3-1;;;/h1-10H;1-3H,4H2;2*1H;/q;;;;+2/p-2. The van der Waals surface area contributed by atoms with Crippen molar-refractivity contribution in [1.29, 1.82) is 0 Å². The average molecular weight is 547 g/mol. The van der Waals surface area contributed by atoms with E-state index in [1.807, 2.05) is 12.1 Å². The number of rotatable bonds is 3. The Bertz CT molecular complexity index is 1040. The van der Waals surface area contributed by atoms with Gasteiger partial charge in [0.2, 0.25) is 0 Å². The summed E-state index contributed by atoms with van der Waals surface area (Å²) in [5.41, 5.74) is 6.19. The van der Waals surface area contributed by atoms with Gasteiger partial charge in [0.25, 0.3) is 0 Å². The molecule has 0 fully saturated rings. The first-order valence-corrected chi connectivity index (χ1v) is 12.0. The van der Waals surface area contributed by atoms with E-state index in [1.165, 1.54) is 16.8 Å². The third-order valence-electron chi connectivity index (χ3n) is 4.60. The van der Waals surface area contributed by atoms with E-state index in [1.54, 1.807) is 3.33 Å². The van der Waals surface area contributed by atoms with Crippen molar-refractivity contribution in [2.75, 3.05) is 0 Å². The molecule has 0 bridgehead atoms. The number of halogens is 2. The van der Waals surface area contributed by atoms with Crippen molar-refractivity contribution >= 4 is 22.8 Å². The smallest absolute Gasteiger partial charge is 1.00 e. The molecule has 3 nitrogen and oxygen atoms in total. The van der Waals surface area contributed by atoms with Gasteiger partial charge in [0, 0.05) is 0 Å². The van der Waals surface area contributed by atoms with Crippen LogP contribution in [0.3, 0.4) is 0 Å². The van der Waals surface area contributed by atoms with Crippen LogP contribution in [0.5, 0.6) is 0 Å². The Kier molecular flexibility index (Phi) is 5.96. The van der Waals surface area contributed by atoms with E-state index in [2.05, 4.69) is 75.7 Å². The molecule has 0 amide bonds. The summed E-state index contributed by atoms with van der Waals surface area (Å²) >= 11 is -1.03.